The van der Waals surface area contributed by atoms with Crippen LogP contribution in [0.5, 0.6) is 11.5 Å². The number of benzene rings is 3. The SMILES string of the molecule is CCOc1cc(C=C2SC(=Nc3cc(C(=O)O)ccc3C)NC2=O)ccc1OCc1ccccc1Cl. The zero-order valence-electron chi connectivity index (χ0n) is 19.6. The monoisotopic (exact) mass is 522 g/mol. The van der Waals surface area contributed by atoms with Crippen LogP contribution in [0.3, 0.4) is 0 Å². The molecule has 0 radical (unpaired) electrons. The van der Waals surface area contributed by atoms with E-state index in [1.807, 2.05) is 50.2 Å². The molecule has 0 bridgehead atoms. The average Bonchev–Trinajstić information content (AvgIpc) is 3.19. The van der Waals surface area contributed by atoms with Crippen LogP contribution in [0.25, 0.3) is 6.08 Å². The van der Waals surface area contributed by atoms with Gasteiger partial charge >= 0.3 is 5.97 Å². The van der Waals surface area contributed by atoms with E-state index < -0.39 is 5.97 Å². The number of aliphatic imine (C=N–C) groups is 1. The van der Waals surface area contributed by atoms with E-state index in [-0.39, 0.29) is 11.5 Å². The van der Waals surface area contributed by atoms with Crippen LogP contribution in [0.15, 0.2) is 70.6 Å². The van der Waals surface area contributed by atoms with Gasteiger partial charge in [-0.15, -0.1) is 0 Å². The fourth-order valence-corrected chi connectivity index (χ4v) is 4.40. The van der Waals surface area contributed by atoms with Crippen LogP contribution in [-0.4, -0.2) is 28.8 Å². The van der Waals surface area contributed by atoms with Gasteiger partial charge in [0.05, 0.1) is 22.8 Å². The number of carbonyl (C=O) groups excluding carboxylic acids is 1. The molecule has 3 aromatic rings. The van der Waals surface area contributed by atoms with Gasteiger partial charge in [-0.2, -0.15) is 0 Å². The molecule has 1 fully saturated rings. The van der Waals surface area contributed by atoms with Gasteiger partial charge in [-0.05, 0) is 73.1 Å². The highest BCUT2D eigenvalue weighted by Gasteiger charge is 2.24. The zero-order valence-corrected chi connectivity index (χ0v) is 21.2. The van der Waals surface area contributed by atoms with Gasteiger partial charge in [0, 0.05) is 10.6 Å². The number of carbonyl (C=O) groups is 2. The molecule has 1 aliphatic heterocycles. The molecule has 1 heterocycles. The van der Waals surface area contributed by atoms with Crippen molar-refractivity contribution in [1.82, 2.24) is 5.32 Å². The molecule has 1 saturated heterocycles. The third kappa shape index (κ3) is 6.08. The molecule has 0 atom stereocenters. The fraction of sp³-hybridized carbons (Fsp3) is 0.148. The molecule has 0 saturated carbocycles. The number of amides is 1. The predicted molar refractivity (Wildman–Crippen MR) is 142 cm³/mol. The number of halogens is 1. The highest BCUT2D eigenvalue weighted by Crippen LogP contribution is 2.33. The summed E-state index contributed by atoms with van der Waals surface area (Å²) in [4.78, 5) is 28.7. The normalized spacial score (nSPS) is 15.2. The summed E-state index contributed by atoms with van der Waals surface area (Å²) in [5, 5.41) is 13.0. The molecule has 7 nitrogen and oxygen atoms in total. The summed E-state index contributed by atoms with van der Waals surface area (Å²) < 4.78 is 11.7. The standard InChI is InChI=1S/C27H23ClN2O5S/c1-3-34-23-12-17(9-11-22(23)35-15-19-6-4-5-7-20(19)28)13-24-25(31)30-27(36-24)29-21-14-18(26(32)33)10-8-16(21)2/h4-14H,3,15H2,1-2H3,(H,32,33)(H,29,30,31). The Balaban J connectivity index is 1.54. The number of carboxylic acids is 1. The summed E-state index contributed by atoms with van der Waals surface area (Å²) in [5.74, 6) is -0.205. The van der Waals surface area contributed by atoms with Crippen LogP contribution in [0.4, 0.5) is 5.69 Å². The zero-order chi connectivity index (χ0) is 25.7. The third-order valence-corrected chi connectivity index (χ3v) is 6.51. The molecular weight excluding hydrogens is 500 g/mol. The summed E-state index contributed by atoms with van der Waals surface area (Å²) >= 11 is 7.40. The van der Waals surface area contributed by atoms with Gasteiger partial charge in [0.15, 0.2) is 16.7 Å². The second-order valence-electron chi connectivity index (χ2n) is 7.81. The van der Waals surface area contributed by atoms with Crippen molar-refractivity contribution >= 4 is 52.2 Å². The van der Waals surface area contributed by atoms with Crippen molar-refractivity contribution in [2.75, 3.05) is 6.61 Å². The lowest BCUT2D eigenvalue weighted by molar-refractivity contribution is -0.115. The lowest BCUT2D eigenvalue weighted by Crippen LogP contribution is -2.19. The molecule has 1 aliphatic rings. The van der Waals surface area contributed by atoms with Gasteiger partial charge < -0.3 is 19.9 Å². The first kappa shape index (κ1) is 25.3. The maximum Gasteiger partial charge on any atom is 0.335 e. The molecule has 184 valence electrons. The molecular formula is C27H23ClN2O5S. The number of aryl methyl sites for hydroxylation is 1. The number of hydrogen-bond donors (Lipinski definition) is 2. The molecule has 3 aromatic carbocycles. The van der Waals surface area contributed by atoms with Gasteiger partial charge in [-0.3, -0.25) is 4.79 Å². The van der Waals surface area contributed by atoms with E-state index in [4.69, 9.17) is 21.1 Å². The lowest BCUT2D eigenvalue weighted by atomic mass is 10.1. The van der Waals surface area contributed by atoms with E-state index in [0.717, 1.165) is 16.7 Å². The van der Waals surface area contributed by atoms with Gasteiger partial charge in [0.1, 0.15) is 6.61 Å². The Labute approximate surface area is 217 Å². The van der Waals surface area contributed by atoms with Crippen molar-refractivity contribution < 1.29 is 24.2 Å². The topological polar surface area (TPSA) is 97.2 Å². The summed E-state index contributed by atoms with van der Waals surface area (Å²) in [6, 6.07) is 17.6. The third-order valence-electron chi connectivity index (χ3n) is 5.24. The average molecular weight is 523 g/mol. The minimum Gasteiger partial charge on any atom is -0.490 e. The molecule has 0 aliphatic carbocycles. The maximum absolute atomic E-state index is 12.6. The van der Waals surface area contributed by atoms with Gasteiger partial charge in [-0.1, -0.05) is 41.9 Å². The summed E-state index contributed by atoms with van der Waals surface area (Å²) in [5.41, 5.74) is 3.03. The van der Waals surface area contributed by atoms with Crippen molar-refractivity contribution in [3.8, 4) is 11.5 Å². The van der Waals surface area contributed by atoms with Crippen LogP contribution in [0.2, 0.25) is 5.02 Å². The van der Waals surface area contributed by atoms with Crippen molar-refractivity contribution in [1.29, 1.82) is 0 Å². The molecule has 4 rings (SSSR count). The van der Waals surface area contributed by atoms with E-state index in [1.165, 1.54) is 23.9 Å². The first-order valence-corrected chi connectivity index (χ1v) is 12.3. The molecule has 0 unspecified atom stereocenters. The first-order chi connectivity index (χ1) is 17.3. The van der Waals surface area contributed by atoms with Crippen LogP contribution in [-0.2, 0) is 11.4 Å². The highest BCUT2D eigenvalue weighted by molar-refractivity contribution is 8.18. The molecule has 2 N–H and O–H groups in total. The van der Waals surface area contributed by atoms with Crippen LogP contribution in [0.1, 0.15) is 34.0 Å². The van der Waals surface area contributed by atoms with E-state index in [1.54, 1.807) is 18.2 Å². The number of amidine groups is 1. The maximum atomic E-state index is 12.6. The predicted octanol–water partition coefficient (Wildman–Crippen LogP) is 6.22. The molecule has 0 spiro atoms. The van der Waals surface area contributed by atoms with Crippen molar-refractivity contribution in [3.05, 3.63) is 92.8 Å². The summed E-state index contributed by atoms with van der Waals surface area (Å²) in [6.45, 7) is 4.45. The quantitative estimate of drug-likeness (QED) is 0.341. The Bertz CT molecular complexity index is 1390. The van der Waals surface area contributed by atoms with Crippen LogP contribution < -0.4 is 14.8 Å². The second kappa shape index (κ2) is 11.3. The van der Waals surface area contributed by atoms with E-state index in [9.17, 15) is 14.7 Å². The Morgan fingerprint density at radius 3 is 2.67 bits per heavy atom. The number of carboxylic acid groups (broad SMARTS) is 1. The number of ether oxygens (including phenoxy) is 2. The Morgan fingerprint density at radius 1 is 1.11 bits per heavy atom. The first-order valence-electron chi connectivity index (χ1n) is 11.1. The minimum absolute atomic E-state index is 0.130. The van der Waals surface area contributed by atoms with E-state index >= 15 is 0 Å². The molecule has 9 heteroatoms. The highest BCUT2D eigenvalue weighted by atomic mass is 35.5. The van der Waals surface area contributed by atoms with Crippen molar-refractivity contribution in [2.45, 2.75) is 20.5 Å². The Kier molecular flexibility index (Phi) is 7.97. The van der Waals surface area contributed by atoms with Gasteiger partial charge in [0.2, 0.25) is 0 Å². The van der Waals surface area contributed by atoms with Gasteiger partial charge in [0.25, 0.3) is 5.91 Å². The second-order valence-corrected chi connectivity index (χ2v) is 9.25. The largest absolute Gasteiger partial charge is 0.490 e. The number of thioether (sulfide) groups is 1. The van der Waals surface area contributed by atoms with Crippen molar-refractivity contribution in [3.63, 3.8) is 0 Å². The Hall–Kier alpha value is -3.75. The summed E-state index contributed by atoms with van der Waals surface area (Å²) in [6.07, 6.45) is 1.74. The number of nitrogens with zero attached hydrogens (tertiary/aromatic N) is 1. The molecule has 1 amide bonds. The van der Waals surface area contributed by atoms with E-state index in [2.05, 4.69) is 10.3 Å². The van der Waals surface area contributed by atoms with Crippen molar-refractivity contribution in [2.24, 2.45) is 4.99 Å². The Morgan fingerprint density at radius 2 is 1.92 bits per heavy atom. The number of hydrogen-bond acceptors (Lipinski definition) is 6. The lowest BCUT2D eigenvalue weighted by Gasteiger charge is -2.13. The van der Waals surface area contributed by atoms with Crippen LogP contribution >= 0.6 is 23.4 Å². The minimum atomic E-state index is -1.04. The fourth-order valence-electron chi connectivity index (χ4n) is 3.38. The van der Waals surface area contributed by atoms with Gasteiger partial charge in [-0.25, -0.2) is 9.79 Å². The number of nitrogens with one attached hydrogen (secondary N) is 1. The van der Waals surface area contributed by atoms with Crippen LogP contribution in [0, 0.1) is 6.92 Å². The molecule has 36 heavy (non-hydrogen) atoms. The number of aromatic carboxylic acids is 1. The number of rotatable bonds is 8. The van der Waals surface area contributed by atoms with E-state index in [0.29, 0.717) is 45.5 Å². The molecule has 0 aromatic heterocycles. The smallest absolute Gasteiger partial charge is 0.335 e. The summed E-state index contributed by atoms with van der Waals surface area (Å²) in [7, 11) is 0.